The lowest BCUT2D eigenvalue weighted by Crippen LogP contribution is -2.18. The highest BCUT2D eigenvalue weighted by Gasteiger charge is 2.10. The quantitative estimate of drug-likeness (QED) is 0.499. The molecule has 1 unspecified atom stereocenters. The minimum Gasteiger partial charge on any atom is -0.466 e. The Kier molecular flexibility index (Phi) is 4.50. The average molecular weight is 197 g/mol. The number of ether oxygens (including phenoxy) is 1. The SMILES string of the molecule is COC(=O)/C=C/N1CCCC(C)CC1. The zero-order chi connectivity index (χ0) is 10.4. The first-order chi connectivity index (χ1) is 6.72. The van der Waals surface area contributed by atoms with Gasteiger partial charge in [-0.15, -0.1) is 0 Å². The van der Waals surface area contributed by atoms with Crippen LogP contribution in [0.2, 0.25) is 0 Å². The summed E-state index contributed by atoms with van der Waals surface area (Å²) in [6, 6.07) is 0. The van der Waals surface area contributed by atoms with Gasteiger partial charge in [0.2, 0.25) is 0 Å². The van der Waals surface area contributed by atoms with E-state index < -0.39 is 0 Å². The molecule has 14 heavy (non-hydrogen) atoms. The largest absolute Gasteiger partial charge is 0.466 e. The smallest absolute Gasteiger partial charge is 0.331 e. The van der Waals surface area contributed by atoms with E-state index in [0.717, 1.165) is 19.0 Å². The number of rotatable bonds is 2. The Morgan fingerprint density at radius 1 is 1.43 bits per heavy atom. The van der Waals surface area contributed by atoms with Crippen LogP contribution in [0.1, 0.15) is 26.2 Å². The Hall–Kier alpha value is -0.990. The molecular weight excluding hydrogens is 178 g/mol. The molecule has 3 nitrogen and oxygen atoms in total. The first-order valence-corrected chi connectivity index (χ1v) is 5.22. The Morgan fingerprint density at radius 2 is 2.21 bits per heavy atom. The number of methoxy groups -OCH3 is 1. The van der Waals surface area contributed by atoms with Crippen LogP contribution in [0.5, 0.6) is 0 Å². The molecule has 0 bridgehead atoms. The molecule has 0 saturated carbocycles. The molecule has 0 amide bonds. The number of hydrogen-bond acceptors (Lipinski definition) is 3. The van der Waals surface area contributed by atoms with Crippen LogP contribution >= 0.6 is 0 Å². The maximum absolute atomic E-state index is 10.9. The average Bonchev–Trinajstić information content (AvgIpc) is 2.39. The van der Waals surface area contributed by atoms with Gasteiger partial charge in [-0.1, -0.05) is 6.92 Å². The van der Waals surface area contributed by atoms with Gasteiger partial charge in [0.25, 0.3) is 0 Å². The summed E-state index contributed by atoms with van der Waals surface area (Å²) in [6.45, 7) is 4.39. The molecule has 1 saturated heterocycles. The highest BCUT2D eigenvalue weighted by atomic mass is 16.5. The van der Waals surface area contributed by atoms with E-state index >= 15 is 0 Å². The van der Waals surface area contributed by atoms with Gasteiger partial charge in [-0.25, -0.2) is 4.79 Å². The second-order valence-electron chi connectivity index (χ2n) is 3.91. The zero-order valence-electron chi connectivity index (χ0n) is 9.03. The van der Waals surface area contributed by atoms with Crippen LogP contribution in [0.15, 0.2) is 12.3 Å². The minimum atomic E-state index is -0.276. The van der Waals surface area contributed by atoms with E-state index in [2.05, 4.69) is 16.6 Å². The third kappa shape index (κ3) is 3.81. The summed E-state index contributed by atoms with van der Waals surface area (Å²) in [6.07, 6.45) is 7.07. The van der Waals surface area contributed by atoms with Gasteiger partial charge in [-0.3, -0.25) is 0 Å². The van der Waals surface area contributed by atoms with Gasteiger partial charge in [0.1, 0.15) is 0 Å². The monoisotopic (exact) mass is 197 g/mol. The van der Waals surface area contributed by atoms with Gasteiger partial charge >= 0.3 is 5.97 Å². The number of esters is 1. The zero-order valence-corrected chi connectivity index (χ0v) is 9.03. The van der Waals surface area contributed by atoms with Gasteiger partial charge in [0.05, 0.1) is 7.11 Å². The predicted molar refractivity (Wildman–Crippen MR) is 55.7 cm³/mol. The molecule has 1 rings (SSSR count). The fraction of sp³-hybridized carbons (Fsp3) is 0.727. The highest BCUT2D eigenvalue weighted by Crippen LogP contribution is 2.16. The molecule has 0 aromatic heterocycles. The maximum atomic E-state index is 10.9. The molecule has 3 heteroatoms. The highest BCUT2D eigenvalue weighted by molar-refractivity contribution is 5.81. The molecule has 1 fully saturated rings. The summed E-state index contributed by atoms with van der Waals surface area (Å²) < 4.78 is 4.54. The summed E-state index contributed by atoms with van der Waals surface area (Å²) in [7, 11) is 1.40. The number of nitrogens with zero attached hydrogens (tertiary/aromatic N) is 1. The Bertz CT molecular complexity index is 213. The fourth-order valence-electron chi connectivity index (χ4n) is 1.67. The Morgan fingerprint density at radius 3 is 2.93 bits per heavy atom. The maximum Gasteiger partial charge on any atom is 0.331 e. The van der Waals surface area contributed by atoms with Gasteiger partial charge in [0.15, 0.2) is 0 Å². The lowest BCUT2D eigenvalue weighted by Gasteiger charge is -2.16. The second-order valence-corrected chi connectivity index (χ2v) is 3.91. The number of likely N-dealkylation sites (tertiary alicyclic amines) is 1. The van der Waals surface area contributed by atoms with Crippen LogP contribution in [-0.2, 0) is 9.53 Å². The van der Waals surface area contributed by atoms with E-state index in [0.29, 0.717) is 0 Å². The van der Waals surface area contributed by atoms with Gasteiger partial charge in [-0.05, 0) is 25.2 Å². The van der Waals surface area contributed by atoms with Crippen LogP contribution in [0.4, 0.5) is 0 Å². The fourth-order valence-corrected chi connectivity index (χ4v) is 1.67. The van der Waals surface area contributed by atoms with Crippen LogP contribution in [-0.4, -0.2) is 31.1 Å². The summed E-state index contributed by atoms with van der Waals surface area (Å²) >= 11 is 0. The van der Waals surface area contributed by atoms with Crippen molar-refractivity contribution in [2.24, 2.45) is 5.92 Å². The molecule has 1 aliphatic heterocycles. The summed E-state index contributed by atoms with van der Waals surface area (Å²) in [5.41, 5.74) is 0. The molecular formula is C11H19NO2. The minimum absolute atomic E-state index is 0.276. The first kappa shape index (κ1) is 11.1. The number of hydrogen-bond donors (Lipinski definition) is 0. The summed E-state index contributed by atoms with van der Waals surface area (Å²) in [5, 5.41) is 0. The van der Waals surface area contributed by atoms with Crippen molar-refractivity contribution in [2.75, 3.05) is 20.2 Å². The molecule has 0 aromatic carbocycles. The number of carbonyl (C=O) groups is 1. The van der Waals surface area contributed by atoms with Crippen molar-refractivity contribution in [3.05, 3.63) is 12.3 Å². The molecule has 1 heterocycles. The van der Waals surface area contributed by atoms with Crippen molar-refractivity contribution in [3.63, 3.8) is 0 Å². The first-order valence-electron chi connectivity index (χ1n) is 5.22. The van der Waals surface area contributed by atoms with E-state index in [4.69, 9.17) is 0 Å². The molecule has 0 aromatic rings. The van der Waals surface area contributed by atoms with E-state index in [-0.39, 0.29) is 5.97 Å². The lowest BCUT2D eigenvalue weighted by atomic mass is 10.0. The van der Waals surface area contributed by atoms with E-state index in [1.54, 1.807) is 0 Å². The van der Waals surface area contributed by atoms with E-state index in [1.807, 2.05) is 6.20 Å². The molecule has 0 spiro atoms. The molecule has 1 aliphatic rings. The lowest BCUT2D eigenvalue weighted by molar-refractivity contribution is -0.134. The van der Waals surface area contributed by atoms with Crippen molar-refractivity contribution < 1.29 is 9.53 Å². The van der Waals surface area contributed by atoms with Gasteiger partial charge in [-0.2, -0.15) is 0 Å². The molecule has 0 radical (unpaired) electrons. The van der Waals surface area contributed by atoms with E-state index in [9.17, 15) is 4.79 Å². The molecule has 1 atom stereocenters. The van der Waals surface area contributed by atoms with Crippen molar-refractivity contribution in [1.82, 2.24) is 4.90 Å². The third-order valence-electron chi connectivity index (χ3n) is 2.67. The van der Waals surface area contributed by atoms with Crippen molar-refractivity contribution in [1.29, 1.82) is 0 Å². The van der Waals surface area contributed by atoms with Crippen molar-refractivity contribution in [2.45, 2.75) is 26.2 Å². The molecule has 0 aliphatic carbocycles. The third-order valence-corrected chi connectivity index (χ3v) is 2.67. The van der Waals surface area contributed by atoms with Gasteiger partial charge < -0.3 is 9.64 Å². The van der Waals surface area contributed by atoms with E-state index in [1.165, 1.54) is 32.4 Å². The Labute approximate surface area is 85.7 Å². The topological polar surface area (TPSA) is 29.5 Å². The van der Waals surface area contributed by atoms with Crippen LogP contribution in [0.25, 0.3) is 0 Å². The standard InChI is InChI=1S/C11H19NO2/c1-10-4-3-7-12(8-5-10)9-6-11(13)14-2/h6,9-10H,3-5,7-8H2,1-2H3/b9-6+. The predicted octanol–water partition coefficient (Wildman–Crippen LogP) is 1.80. The van der Waals surface area contributed by atoms with Crippen LogP contribution in [0.3, 0.4) is 0 Å². The summed E-state index contributed by atoms with van der Waals surface area (Å²) in [5.74, 6) is 0.536. The normalized spacial score (nSPS) is 23.6. The van der Waals surface area contributed by atoms with Crippen LogP contribution in [0, 0.1) is 5.92 Å². The second kappa shape index (κ2) is 5.68. The van der Waals surface area contributed by atoms with Gasteiger partial charge in [0, 0.05) is 25.4 Å². The molecule has 0 N–H and O–H groups in total. The van der Waals surface area contributed by atoms with Crippen molar-refractivity contribution >= 4 is 5.97 Å². The Balaban J connectivity index is 2.37. The van der Waals surface area contributed by atoms with Crippen LogP contribution < -0.4 is 0 Å². The summed E-state index contributed by atoms with van der Waals surface area (Å²) in [4.78, 5) is 13.1. The number of carbonyl (C=O) groups excluding carboxylic acids is 1. The van der Waals surface area contributed by atoms with Crippen molar-refractivity contribution in [3.8, 4) is 0 Å². The molecule has 80 valence electrons.